The summed E-state index contributed by atoms with van der Waals surface area (Å²) in [5.41, 5.74) is 1.87. The highest BCUT2D eigenvalue weighted by molar-refractivity contribution is 6.30. The van der Waals surface area contributed by atoms with Gasteiger partial charge in [0.25, 0.3) is 5.91 Å². The van der Waals surface area contributed by atoms with Crippen molar-refractivity contribution in [2.45, 2.75) is 26.2 Å². The Morgan fingerprint density at radius 1 is 1.25 bits per heavy atom. The Bertz CT molecular complexity index is 658. The van der Waals surface area contributed by atoms with Crippen molar-refractivity contribution in [3.8, 4) is 0 Å². The predicted molar refractivity (Wildman–Crippen MR) is 99.8 cm³/mol. The van der Waals surface area contributed by atoms with Crippen LogP contribution in [-0.4, -0.2) is 35.9 Å². The van der Waals surface area contributed by atoms with Crippen LogP contribution in [0.5, 0.6) is 0 Å². The van der Waals surface area contributed by atoms with Crippen molar-refractivity contribution >= 4 is 23.3 Å². The number of amides is 1. The summed E-state index contributed by atoms with van der Waals surface area (Å²) >= 11 is 5.88. The highest BCUT2D eigenvalue weighted by atomic mass is 35.5. The second-order valence-electron chi connectivity index (χ2n) is 5.81. The molecule has 1 N–H and O–H groups in total. The molecule has 1 aromatic carbocycles. The summed E-state index contributed by atoms with van der Waals surface area (Å²) in [5.74, 6) is 0.755. The summed E-state index contributed by atoms with van der Waals surface area (Å²) in [4.78, 5) is 18.4. The third kappa shape index (κ3) is 5.53. The van der Waals surface area contributed by atoms with E-state index in [1.165, 1.54) is 5.56 Å². The maximum absolute atomic E-state index is 12.4. The fourth-order valence-electron chi connectivity index (χ4n) is 2.36. The molecule has 0 unspecified atom stereocenters. The molecule has 0 saturated carbocycles. The molecule has 5 heteroatoms. The van der Waals surface area contributed by atoms with Gasteiger partial charge in [-0.15, -0.1) is 0 Å². The zero-order valence-corrected chi connectivity index (χ0v) is 15.0. The Kier molecular flexibility index (Phi) is 7.07. The lowest BCUT2D eigenvalue weighted by Crippen LogP contribution is -2.27. The number of unbranched alkanes of at least 4 members (excludes halogenated alkanes) is 1. The number of pyridine rings is 1. The zero-order chi connectivity index (χ0) is 17.4. The van der Waals surface area contributed by atoms with E-state index in [-0.39, 0.29) is 5.91 Å². The first-order chi connectivity index (χ1) is 11.6. The third-order valence-electron chi connectivity index (χ3n) is 3.83. The largest absolute Gasteiger partial charge is 0.370 e. The van der Waals surface area contributed by atoms with E-state index in [4.69, 9.17) is 11.6 Å². The SMILES string of the molecule is CCCCN(C)C(=O)c1ccnc(NCCc2ccc(Cl)cc2)c1. The van der Waals surface area contributed by atoms with Crippen LogP contribution in [0, 0.1) is 0 Å². The third-order valence-corrected chi connectivity index (χ3v) is 4.09. The van der Waals surface area contributed by atoms with Crippen LogP contribution < -0.4 is 5.32 Å². The number of anilines is 1. The number of carbonyl (C=O) groups is 1. The van der Waals surface area contributed by atoms with Crippen molar-refractivity contribution < 1.29 is 4.79 Å². The van der Waals surface area contributed by atoms with Gasteiger partial charge in [-0.3, -0.25) is 4.79 Å². The topological polar surface area (TPSA) is 45.2 Å². The number of halogens is 1. The number of hydrogen-bond donors (Lipinski definition) is 1. The number of nitrogens with zero attached hydrogens (tertiary/aromatic N) is 2. The van der Waals surface area contributed by atoms with Crippen molar-refractivity contribution in [1.82, 2.24) is 9.88 Å². The van der Waals surface area contributed by atoms with Crippen molar-refractivity contribution in [2.24, 2.45) is 0 Å². The van der Waals surface area contributed by atoms with E-state index >= 15 is 0 Å². The monoisotopic (exact) mass is 345 g/mol. The lowest BCUT2D eigenvalue weighted by molar-refractivity contribution is 0.0793. The van der Waals surface area contributed by atoms with Gasteiger partial charge in [0, 0.05) is 36.9 Å². The zero-order valence-electron chi connectivity index (χ0n) is 14.3. The second-order valence-corrected chi connectivity index (χ2v) is 6.25. The second kappa shape index (κ2) is 9.28. The Balaban J connectivity index is 1.90. The van der Waals surface area contributed by atoms with Gasteiger partial charge in [0.05, 0.1) is 0 Å². The van der Waals surface area contributed by atoms with E-state index in [9.17, 15) is 4.79 Å². The quantitative estimate of drug-likeness (QED) is 0.777. The molecule has 24 heavy (non-hydrogen) atoms. The molecule has 0 aliphatic rings. The molecule has 0 atom stereocenters. The lowest BCUT2D eigenvalue weighted by atomic mass is 10.1. The smallest absolute Gasteiger partial charge is 0.253 e. The molecule has 128 valence electrons. The molecule has 2 aromatic rings. The van der Waals surface area contributed by atoms with Crippen LogP contribution >= 0.6 is 11.6 Å². The molecule has 0 spiro atoms. The van der Waals surface area contributed by atoms with Crippen molar-refractivity contribution in [3.63, 3.8) is 0 Å². The fraction of sp³-hybridized carbons (Fsp3) is 0.368. The Labute approximate surface area is 148 Å². The van der Waals surface area contributed by atoms with Gasteiger partial charge in [0.1, 0.15) is 5.82 Å². The standard InChI is InChI=1S/C19H24ClN3O/c1-3-4-13-23(2)19(24)16-10-12-22-18(14-16)21-11-9-15-5-7-17(20)8-6-15/h5-8,10,12,14H,3-4,9,11,13H2,1-2H3,(H,21,22). The van der Waals surface area contributed by atoms with Gasteiger partial charge in [0.2, 0.25) is 0 Å². The van der Waals surface area contributed by atoms with E-state index in [2.05, 4.69) is 17.2 Å². The number of hydrogen-bond acceptors (Lipinski definition) is 3. The minimum atomic E-state index is 0.0339. The van der Waals surface area contributed by atoms with Crippen LogP contribution in [0.2, 0.25) is 5.02 Å². The number of carbonyl (C=O) groups excluding carboxylic acids is 1. The van der Waals surface area contributed by atoms with Crippen molar-refractivity contribution in [1.29, 1.82) is 0 Å². The summed E-state index contributed by atoms with van der Waals surface area (Å²) in [6.45, 7) is 3.64. The molecule has 2 rings (SSSR count). The van der Waals surface area contributed by atoms with Crippen LogP contribution in [0.1, 0.15) is 35.7 Å². The van der Waals surface area contributed by atoms with Crippen LogP contribution in [-0.2, 0) is 6.42 Å². The molecule has 0 aliphatic carbocycles. The summed E-state index contributed by atoms with van der Waals surface area (Å²) in [5, 5.41) is 4.01. The minimum Gasteiger partial charge on any atom is -0.370 e. The molecule has 0 fully saturated rings. The van der Waals surface area contributed by atoms with Gasteiger partial charge >= 0.3 is 0 Å². The number of rotatable bonds is 8. The first-order valence-electron chi connectivity index (χ1n) is 8.30. The lowest BCUT2D eigenvalue weighted by Gasteiger charge is -2.17. The molecule has 1 aromatic heterocycles. The average Bonchev–Trinajstić information content (AvgIpc) is 2.61. The van der Waals surface area contributed by atoms with Gasteiger partial charge in [-0.25, -0.2) is 4.98 Å². The molecule has 0 radical (unpaired) electrons. The molecular formula is C19H24ClN3O. The summed E-state index contributed by atoms with van der Waals surface area (Å²) < 4.78 is 0. The van der Waals surface area contributed by atoms with Crippen LogP contribution in [0.4, 0.5) is 5.82 Å². The van der Waals surface area contributed by atoms with Gasteiger partial charge in [0.15, 0.2) is 0 Å². The van der Waals surface area contributed by atoms with E-state index in [1.807, 2.05) is 37.4 Å². The molecule has 1 heterocycles. The molecule has 4 nitrogen and oxygen atoms in total. The first kappa shape index (κ1) is 18.3. The van der Waals surface area contributed by atoms with Gasteiger partial charge in [-0.1, -0.05) is 37.1 Å². The normalized spacial score (nSPS) is 10.5. The number of aromatic nitrogens is 1. The van der Waals surface area contributed by atoms with Crippen molar-refractivity contribution in [2.75, 3.05) is 25.5 Å². The van der Waals surface area contributed by atoms with Gasteiger partial charge < -0.3 is 10.2 Å². The van der Waals surface area contributed by atoms with Crippen molar-refractivity contribution in [3.05, 3.63) is 58.7 Å². The highest BCUT2D eigenvalue weighted by Crippen LogP contribution is 2.12. The maximum atomic E-state index is 12.4. The van der Waals surface area contributed by atoms with E-state index in [0.717, 1.165) is 43.2 Å². The predicted octanol–water partition coefficient (Wildman–Crippen LogP) is 4.26. The van der Waals surface area contributed by atoms with Crippen LogP contribution in [0.25, 0.3) is 0 Å². The number of nitrogens with one attached hydrogen (secondary N) is 1. The Hall–Kier alpha value is -2.07. The fourth-order valence-corrected chi connectivity index (χ4v) is 2.49. The van der Waals surface area contributed by atoms with Crippen LogP contribution in [0.15, 0.2) is 42.6 Å². The summed E-state index contributed by atoms with van der Waals surface area (Å²) in [6.07, 6.45) is 4.63. The Morgan fingerprint density at radius 3 is 2.71 bits per heavy atom. The van der Waals surface area contributed by atoms with E-state index < -0.39 is 0 Å². The van der Waals surface area contributed by atoms with Crippen LogP contribution in [0.3, 0.4) is 0 Å². The molecule has 0 saturated heterocycles. The number of benzene rings is 1. The molecular weight excluding hydrogens is 322 g/mol. The maximum Gasteiger partial charge on any atom is 0.253 e. The molecule has 0 bridgehead atoms. The highest BCUT2D eigenvalue weighted by Gasteiger charge is 2.11. The molecule has 1 amide bonds. The van der Waals surface area contributed by atoms with Gasteiger partial charge in [-0.2, -0.15) is 0 Å². The van der Waals surface area contributed by atoms with E-state index in [0.29, 0.717) is 5.56 Å². The van der Waals surface area contributed by atoms with Gasteiger partial charge in [-0.05, 0) is 42.7 Å². The molecule has 0 aliphatic heterocycles. The summed E-state index contributed by atoms with van der Waals surface area (Å²) in [6, 6.07) is 11.4. The Morgan fingerprint density at radius 2 is 2.00 bits per heavy atom. The summed E-state index contributed by atoms with van der Waals surface area (Å²) in [7, 11) is 1.84. The van der Waals surface area contributed by atoms with E-state index in [1.54, 1.807) is 17.2 Å². The first-order valence-corrected chi connectivity index (χ1v) is 8.67. The average molecular weight is 346 g/mol. The minimum absolute atomic E-state index is 0.0339.